The number of para-hydroxylation sites is 1. The molecule has 4 rings (SSSR count). The number of halogens is 1. The summed E-state index contributed by atoms with van der Waals surface area (Å²) in [6.45, 7) is 0.295. The molecule has 0 radical (unpaired) electrons. The first-order valence-corrected chi connectivity index (χ1v) is 9.03. The number of nitrogens with zero attached hydrogens (tertiary/aromatic N) is 3. The average molecular weight is 361 g/mol. The third-order valence-corrected chi connectivity index (χ3v) is 4.61. The number of benzene rings is 2. The Bertz CT molecular complexity index is 960. The highest BCUT2D eigenvalue weighted by molar-refractivity contribution is 5.92. The number of aromatic nitrogens is 2. The zero-order valence-corrected chi connectivity index (χ0v) is 14.8. The van der Waals surface area contributed by atoms with E-state index < -0.39 is 0 Å². The third-order valence-electron chi connectivity index (χ3n) is 4.61. The van der Waals surface area contributed by atoms with Crippen LogP contribution < -0.4 is 0 Å². The molecule has 2 aromatic carbocycles. The molecule has 0 saturated heterocycles. The van der Waals surface area contributed by atoms with Crippen LogP contribution in [0, 0.1) is 5.82 Å². The fourth-order valence-corrected chi connectivity index (χ4v) is 2.99. The summed E-state index contributed by atoms with van der Waals surface area (Å²) in [5, 5.41) is 4.33. The van der Waals surface area contributed by atoms with Crippen LogP contribution in [0.2, 0.25) is 0 Å². The van der Waals surface area contributed by atoms with Crippen LogP contribution in [0.3, 0.4) is 0 Å². The maximum absolute atomic E-state index is 13.9. The van der Waals surface area contributed by atoms with Crippen molar-refractivity contribution in [1.29, 1.82) is 0 Å². The van der Waals surface area contributed by atoms with E-state index in [2.05, 4.69) is 5.10 Å². The molecule has 5 heteroatoms. The minimum atomic E-state index is -0.274. The fourth-order valence-electron chi connectivity index (χ4n) is 2.99. The molecule has 0 aliphatic heterocycles. The first-order chi connectivity index (χ1) is 13.2. The molecule has 0 unspecified atom stereocenters. The summed E-state index contributed by atoms with van der Waals surface area (Å²) in [7, 11) is 0. The number of hydrogen-bond donors (Lipinski definition) is 0. The maximum Gasteiger partial charge on any atom is 0.247 e. The van der Waals surface area contributed by atoms with E-state index in [0.29, 0.717) is 12.1 Å². The van der Waals surface area contributed by atoms with Crippen molar-refractivity contribution in [3.63, 3.8) is 0 Å². The van der Waals surface area contributed by atoms with Crippen molar-refractivity contribution in [2.75, 3.05) is 0 Å². The summed E-state index contributed by atoms with van der Waals surface area (Å²) in [4.78, 5) is 14.4. The predicted octanol–water partition coefficient (Wildman–Crippen LogP) is 4.22. The van der Waals surface area contributed by atoms with Gasteiger partial charge in [-0.1, -0.05) is 36.4 Å². The van der Waals surface area contributed by atoms with Crippen LogP contribution >= 0.6 is 0 Å². The first kappa shape index (κ1) is 17.2. The van der Waals surface area contributed by atoms with Crippen molar-refractivity contribution in [2.45, 2.75) is 25.4 Å². The molecule has 1 amide bonds. The molecule has 1 saturated carbocycles. The maximum atomic E-state index is 13.9. The van der Waals surface area contributed by atoms with Gasteiger partial charge in [-0.15, -0.1) is 0 Å². The molecule has 0 N–H and O–H groups in total. The number of rotatable bonds is 6. The zero-order valence-electron chi connectivity index (χ0n) is 14.8. The van der Waals surface area contributed by atoms with Crippen molar-refractivity contribution in [2.24, 2.45) is 0 Å². The number of amides is 1. The van der Waals surface area contributed by atoms with E-state index in [9.17, 15) is 9.18 Å². The van der Waals surface area contributed by atoms with Gasteiger partial charge in [0.05, 0.1) is 11.9 Å². The lowest BCUT2D eigenvalue weighted by molar-refractivity contribution is -0.127. The van der Waals surface area contributed by atoms with Gasteiger partial charge >= 0.3 is 0 Å². The van der Waals surface area contributed by atoms with E-state index in [1.807, 2.05) is 36.5 Å². The van der Waals surface area contributed by atoms with Crippen molar-refractivity contribution in [3.05, 3.63) is 90.0 Å². The lowest BCUT2D eigenvalue weighted by Gasteiger charge is -2.21. The summed E-state index contributed by atoms with van der Waals surface area (Å²) in [6, 6.07) is 16.6. The normalized spacial score (nSPS) is 13.8. The Balaban J connectivity index is 1.47. The highest BCUT2D eigenvalue weighted by Gasteiger charge is 2.32. The molecule has 0 atom stereocenters. The summed E-state index contributed by atoms with van der Waals surface area (Å²) in [5.41, 5.74) is 2.35. The Morgan fingerprint density at radius 2 is 1.89 bits per heavy atom. The first-order valence-electron chi connectivity index (χ1n) is 9.03. The summed E-state index contributed by atoms with van der Waals surface area (Å²) < 4.78 is 15.7. The smallest absolute Gasteiger partial charge is 0.247 e. The second-order valence-corrected chi connectivity index (χ2v) is 6.68. The van der Waals surface area contributed by atoms with Crippen molar-refractivity contribution in [1.82, 2.24) is 14.7 Å². The molecule has 1 aromatic heterocycles. The van der Waals surface area contributed by atoms with Crippen LogP contribution in [-0.2, 0) is 11.3 Å². The number of carbonyl (C=O) groups excluding carboxylic acids is 1. The molecule has 136 valence electrons. The van der Waals surface area contributed by atoms with E-state index in [1.54, 1.807) is 46.1 Å². The Morgan fingerprint density at radius 3 is 2.63 bits per heavy atom. The Hall–Kier alpha value is -3.21. The van der Waals surface area contributed by atoms with Gasteiger partial charge in [-0.25, -0.2) is 9.07 Å². The van der Waals surface area contributed by atoms with Gasteiger partial charge in [0.15, 0.2) is 0 Å². The Kier molecular flexibility index (Phi) is 4.83. The van der Waals surface area contributed by atoms with Crippen LogP contribution in [0.25, 0.3) is 11.8 Å². The Morgan fingerprint density at radius 1 is 1.15 bits per heavy atom. The van der Waals surface area contributed by atoms with Crippen molar-refractivity contribution in [3.8, 4) is 5.69 Å². The second-order valence-electron chi connectivity index (χ2n) is 6.68. The topological polar surface area (TPSA) is 38.1 Å². The predicted molar refractivity (Wildman–Crippen MR) is 103 cm³/mol. The van der Waals surface area contributed by atoms with Gasteiger partial charge in [-0.2, -0.15) is 5.10 Å². The molecule has 0 spiro atoms. The minimum Gasteiger partial charge on any atom is -0.332 e. The van der Waals surface area contributed by atoms with Crippen LogP contribution in [0.15, 0.2) is 73.1 Å². The fraction of sp³-hybridized carbons (Fsp3) is 0.182. The van der Waals surface area contributed by atoms with Gasteiger partial charge in [-0.3, -0.25) is 4.79 Å². The standard InChI is InChI=1S/C22H20FN3O/c23-21-9-5-4-6-18(21)16-25(19-11-12-19)22(27)13-10-17-14-24-26(15-17)20-7-2-1-3-8-20/h1-10,13-15,19H,11-12,16H2/b13-10+. The highest BCUT2D eigenvalue weighted by atomic mass is 19.1. The monoisotopic (exact) mass is 361 g/mol. The molecule has 1 aliphatic rings. The lowest BCUT2D eigenvalue weighted by Crippen LogP contribution is -2.31. The van der Waals surface area contributed by atoms with Crippen LogP contribution in [0.1, 0.15) is 24.0 Å². The summed E-state index contributed by atoms with van der Waals surface area (Å²) in [5.74, 6) is -0.378. The van der Waals surface area contributed by atoms with Gasteiger partial charge in [0.1, 0.15) is 5.82 Å². The highest BCUT2D eigenvalue weighted by Crippen LogP contribution is 2.29. The molecule has 27 heavy (non-hydrogen) atoms. The molecule has 0 bridgehead atoms. The summed E-state index contributed by atoms with van der Waals surface area (Å²) in [6.07, 6.45) is 8.84. The van der Waals surface area contributed by atoms with Gasteiger partial charge in [0.25, 0.3) is 0 Å². The second kappa shape index (κ2) is 7.58. The molecule has 4 nitrogen and oxygen atoms in total. The quantitative estimate of drug-likeness (QED) is 0.617. The van der Waals surface area contributed by atoms with E-state index in [1.165, 1.54) is 6.07 Å². The SMILES string of the molecule is O=C(/C=C/c1cnn(-c2ccccc2)c1)N(Cc1ccccc1F)C1CC1. The molecule has 1 aliphatic carbocycles. The van der Waals surface area contributed by atoms with E-state index in [4.69, 9.17) is 0 Å². The third kappa shape index (κ3) is 4.14. The Labute approximate surface area is 157 Å². The number of carbonyl (C=O) groups is 1. The van der Waals surface area contributed by atoms with Crippen LogP contribution in [0.4, 0.5) is 4.39 Å². The van der Waals surface area contributed by atoms with Crippen LogP contribution in [-0.4, -0.2) is 26.6 Å². The van der Waals surface area contributed by atoms with Crippen molar-refractivity contribution >= 4 is 12.0 Å². The molecule has 3 aromatic rings. The van der Waals surface area contributed by atoms with E-state index >= 15 is 0 Å². The van der Waals surface area contributed by atoms with E-state index in [-0.39, 0.29) is 17.8 Å². The van der Waals surface area contributed by atoms with E-state index in [0.717, 1.165) is 24.1 Å². The van der Waals surface area contributed by atoms with Crippen LogP contribution in [0.5, 0.6) is 0 Å². The average Bonchev–Trinajstić information content (AvgIpc) is 3.43. The van der Waals surface area contributed by atoms with Gasteiger partial charge in [-0.05, 0) is 37.1 Å². The van der Waals surface area contributed by atoms with Gasteiger partial charge < -0.3 is 4.90 Å². The minimum absolute atomic E-state index is 0.104. The molecule has 1 fully saturated rings. The van der Waals surface area contributed by atoms with Crippen molar-refractivity contribution < 1.29 is 9.18 Å². The molecule has 1 heterocycles. The number of hydrogen-bond acceptors (Lipinski definition) is 2. The zero-order chi connectivity index (χ0) is 18.6. The van der Waals surface area contributed by atoms with Gasteiger partial charge in [0, 0.05) is 36.0 Å². The molecular formula is C22H20FN3O. The van der Waals surface area contributed by atoms with Gasteiger partial charge in [0.2, 0.25) is 5.91 Å². The molecular weight excluding hydrogens is 341 g/mol. The summed E-state index contributed by atoms with van der Waals surface area (Å²) >= 11 is 0. The lowest BCUT2D eigenvalue weighted by atomic mass is 10.2. The largest absolute Gasteiger partial charge is 0.332 e.